The highest BCUT2D eigenvalue weighted by atomic mass is 16.5. The topological polar surface area (TPSA) is 81.4 Å². The molecule has 0 aliphatic heterocycles. The summed E-state index contributed by atoms with van der Waals surface area (Å²) in [5.41, 5.74) is 7.61. The van der Waals surface area contributed by atoms with Gasteiger partial charge in [0.05, 0.1) is 12.6 Å². The molecule has 1 amide bonds. The van der Waals surface area contributed by atoms with Crippen LogP contribution in [0.15, 0.2) is 78.9 Å². The molecule has 0 aromatic heterocycles. The van der Waals surface area contributed by atoms with Gasteiger partial charge in [-0.15, -0.1) is 0 Å². The van der Waals surface area contributed by atoms with Crippen LogP contribution in [0.5, 0.6) is 0 Å². The summed E-state index contributed by atoms with van der Waals surface area (Å²) < 4.78 is 12.7. The number of ether oxygens (including phenoxy) is 1. The van der Waals surface area contributed by atoms with Crippen LogP contribution in [0.25, 0.3) is 11.1 Å². The number of carbonyl (C=O) groups is 2. The van der Waals surface area contributed by atoms with Gasteiger partial charge >= 0.3 is 6.09 Å². The van der Waals surface area contributed by atoms with Crippen molar-refractivity contribution in [1.29, 1.82) is 0 Å². The van der Waals surface area contributed by atoms with Crippen LogP contribution in [0.1, 0.15) is 22.6 Å². The molecule has 0 spiro atoms. The summed E-state index contributed by atoms with van der Waals surface area (Å²) in [4.78, 5) is 25.0. The fraction of sp³-hybridized carbons (Fsp3) is 0.200. The van der Waals surface area contributed by atoms with E-state index in [4.69, 9.17) is 6.15 Å². The van der Waals surface area contributed by atoms with Gasteiger partial charge < -0.3 is 15.8 Å². The Hall–Kier alpha value is -3.44. The van der Waals surface area contributed by atoms with Crippen LogP contribution in [0.2, 0.25) is 1.41 Å². The number of hydrogen-bond donors (Lipinski definition) is 2. The third-order valence-corrected chi connectivity index (χ3v) is 5.48. The predicted octanol–water partition coefficient (Wildman–Crippen LogP) is 3.66. The molecule has 0 saturated carbocycles. The summed E-state index contributed by atoms with van der Waals surface area (Å²) >= 11 is 0. The molecule has 1 aliphatic carbocycles. The Labute approximate surface area is 177 Å². The predicted molar refractivity (Wildman–Crippen MR) is 116 cm³/mol. The minimum Gasteiger partial charge on any atom is -0.449 e. The van der Waals surface area contributed by atoms with Crippen LogP contribution in [-0.4, -0.2) is 31.1 Å². The van der Waals surface area contributed by atoms with Gasteiger partial charge in [0.15, 0.2) is 5.78 Å². The van der Waals surface area contributed by atoms with Crippen LogP contribution in [0, 0.1) is 0 Å². The Bertz CT molecular complexity index is 1030. The van der Waals surface area contributed by atoms with Crippen LogP contribution in [-0.2, 0) is 16.0 Å². The number of rotatable bonds is 8. The van der Waals surface area contributed by atoms with Gasteiger partial charge in [-0.1, -0.05) is 78.9 Å². The molecule has 4 rings (SSSR count). The van der Waals surface area contributed by atoms with E-state index in [1.54, 1.807) is 0 Å². The molecule has 3 aromatic rings. The fourth-order valence-corrected chi connectivity index (χ4v) is 4.00. The monoisotopic (exact) mass is 401 g/mol. The smallest absolute Gasteiger partial charge is 0.407 e. The molecule has 0 bridgehead atoms. The van der Waals surface area contributed by atoms with Crippen LogP contribution in [0.4, 0.5) is 4.79 Å². The lowest BCUT2D eigenvalue weighted by atomic mass is 9.98. The Morgan fingerprint density at radius 1 is 0.933 bits per heavy atom. The van der Waals surface area contributed by atoms with Gasteiger partial charge in [0.1, 0.15) is 8.02 Å². The number of amides is 1. The number of Topliss-reactive ketones (excluding diaryl/α,β-unsaturated/α-hetero) is 1. The van der Waals surface area contributed by atoms with E-state index in [0.717, 1.165) is 27.8 Å². The average molecular weight is 401 g/mol. The van der Waals surface area contributed by atoms with Crippen molar-refractivity contribution >= 4 is 11.9 Å². The molecule has 0 unspecified atom stereocenters. The maximum absolute atomic E-state index is 12.6. The zero-order valence-corrected chi connectivity index (χ0v) is 16.5. The first kappa shape index (κ1) is 18.6. The first-order valence-electron chi connectivity index (χ1n) is 10.5. The van der Waals surface area contributed by atoms with Crippen molar-refractivity contribution in [2.45, 2.75) is 18.4 Å². The van der Waals surface area contributed by atoms with Crippen LogP contribution < -0.4 is 11.0 Å². The standard InChI is InChI=1S/C25H24N2O3/c26-15-24(28)23(14-17-8-2-1-3-9-17)27-25(29)30-16-22-20-12-6-4-10-18(20)19-11-5-7-13-21(19)22/h1-13,22-23H,14-16,26H2,(H,27,29)/t23-/m0/s1/i/hD. The van der Waals surface area contributed by atoms with Gasteiger partial charge in [-0.05, 0) is 34.2 Å². The van der Waals surface area contributed by atoms with E-state index in [1.165, 1.54) is 0 Å². The average Bonchev–Trinajstić information content (AvgIpc) is 3.12. The molecule has 152 valence electrons. The summed E-state index contributed by atoms with van der Waals surface area (Å²) in [5.74, 6) is -0.316. The number of carbonyl (C=O) groups excluding carboxylic acids is 2. The van der Waals surface area contributed by atoms with E-state index in [1.807, 2.05) is 54.6 Å². The summed E-state index contributed by atoms with van der Waals surface area (Å²) in [6, 6.07) is 24.9. The zero-order valence-electron chi connectivity index (χ0n) is 17.5. The molecule has 5 heteroatoms. The van der Waals surface area contributed by atoms with Crippen molar-refractivity contribution in [2.75, 3.05) is 13.2 Å². The Kier molecular flexibility index (Phi) is 5.53. The summed E-state index contributed by atoms with van der Waals surface area (Å²) in [7, 11) is 0. The van der Waals surface area contributed by atoms with Crippen molar-refractivity contribution < 1.29 is 15.7 Å². The second kappa shape index (κ2) is 8.93. The van der Waals surface area contributed by atoms with Gasteiger partial charge in [0, 0.05) is 5.92 Å². The van der Waals surface area contributed by atoms with Crippen LogP contribution in [0.3, 0.4) is 0 Å². The third kappa shape index (κ3) is 4.11. The third-order valence-electron chi connectivity index (χ3n) is 5.48. The molecule has 0 heterocycles. The largest absolute Gasteiger partial charge is 0.449 e. The highest BCUT2D eigenvalue weighted by Crippen LogP contribution is 2.44. The molecular formula is C25H24N2O3. The number of fused-ring (bicyclic) bond motifs is 3. The molecule has 0 fully saturated rings. The van der Waals surface area contributed by atoms with E-state index >= 15 is 0 Å². The highest BCUT2D eigenvalue weighted by Gasteiger charge is 2.29. The number of hydrogen-bond acceptors (Lipinski definition) is 4. The Balaban J connectivity index is 1.44. The quantitative estimate of drug-likeness (QED) is 0.604. The second-order valence-corrected chi connectivity index (χ2v) is 7.36. The van der Waals surface area contributed by atoms with E-state index in [9.17, 15) is 9.59 Å². The number of nitrogens with two attached hydrogens (primary N) is 1. The van der Waals surface area contributed by atoms with E-state index in [2.05, 4.69) is 35.3 Å². The van der Waals surface area contributed by atoms with Crippen molar-refractivity contribution in [3.63, 3.8) is 0 Å². The number of benzene rings is 3. The second-order valence-electron chi connectivity index (χ2n) is 7.36. The summed E-state index contributed by atoms with van der Waals surface area (Å²) in [6.07, 6.45) is -0.299. The molecule has 30 heavy (non-hydrogen) atoms. The van der Waals surface area contributed by atoms with Gasteiger partial charge in [-0.3, -0.25) is 4.79 Å². The summed E-state index contributed by atoms with van der Waals surface area (Å²) in [5, 5.41) is 2.69. The molecule has 0 radical (unpaired) electrons. The van der Waals surface area contributed by atoms with Crippen molar-refractivity contribution in [2.24, 2.45) is 5.73 Å². The van der Waals surface area contributed by atoms with Crippen molar-refractivity contribution in [3.8, 4) is 11.1 Å². The van der Waals surface area contributed by atoms with Gasteiger partial charge in [-0.2, -0.15) is 0 Å². The van der Waals surface area contributed by atoms with Crippen molar-refractivity contribution in [3.05, 3.63) is 95.6 Å². The zero-order chi connectivity index (χ0) is 21.6. The van der Waals surface area contributed by atoms with Crippen LogP contribution >= 0.6 is 0 Å². The Morgan fingerprint density at radius 3 is 2.17 bits per heavy atom. The minimum absolute atomic E-state index is 0.0451. The SMILES string of the molecule is [2H]NCC(=O)[C@H](Cc1ccccc1)NC(=O)OCC1c2ccccc2-c2ccccc21. The maximum atomic E-state index is 12.6. The van der Waals surface area contributed by atoms with Crippen molar-refractivity contribution in [1.82, 2.24) is 5.32 Å². The first-order chi connectivity index (χ1) is 15.2. The fourth-order valence-electron chi connectivity index (χ4n) is 4.00. The minimum atomic E-state index is -0.768. The molecule has 1 aliphatic rings. The number of ketones is 1. The van der Waals surface area contributed by atoms with Gasteiger partial charge in [-0.25, -0.2) is 4.79 Å². The molecule has 3 N–H and O–H groups in total. The van der Waals surface area contributed by atoms with E-state index in [0.29, 0.717) is 6.42 Å². The number of alkyl carbamates (subject to hydrolysis) is 1. The Morgan fingerprint density at radius 2 is 1.53 bits per heavy atom. The normalized spacial score (nSPS) is 13.7. The summed E-state index contributed by atoms with van der Waals surface area (Å²) in [6.45, 7) is 0.0317. The number of nitrogens with one attached hydrogen (secondary N) is 1. The van der Waals surface area contributed by atoms with E-state index in [-0.39, 0.29) is 24.9 Å². The lowest BCUT2D eigenvalue weighted by Crippen LogP contribution is -2.45. The molecule has 1 atom stereocenters. The molecule has 5 nitrogen and oxygen atoms in total. The molecule has 3 aromatic carbocycles. The van der Waals surface area contributed by atoms with Gasteiger partial charge in [0.2, 0.25) is 0 Å². The molecule has 0 saturated heterocycles. The molecular weight excluding hydrogens is 376 g/mol. The first-order valence-corrected chi connectivity index (χ1v) is 10.00. The maximum Gasteiger partial charge on any atom is 0.407 e. The van der Waals surface area contributed by atoms with E-state index < -0.39 is 12.1 Å². The highest BCUT2D eigenvalue weighted by molar-refractivity contribution is 5.89. The van der Waals surface area contributed by atoms with Gasteiger partial charge in [0.25, 0.3) is 0 Å². The lowest BCUT2D eigenvalue weighted by Gasteiger charge is -2.19. The lowest BCUT2D eigenvalue weighted by molar-refractivity contribution is -0.119.